The van der Waals surface area contributed by atoms with E-state index < -0.39 is 5.97 Å². The van der Waals surface area contributed by atoms with E-state index in [9.17, 15) is 14.4 Å². The Bertz CT molecular complexity index is 631. The number of thioether (sulfide) groups is 1. The Morgan fingerprint density at radius 3 is 2.70 bits per heavy atom. The van der Waals surface area contributed by atoms with Crippen molar-refractivity contribution in [3.05, 3.63) is 23.8 Å². The van der Waals surface area contributed by atoms with Gasteiger partial charge in [0.2, 0.25) is 5.91 Å². The van der Waals surface area contributed by atoms with Gasteiger partial charge in [0.05, 0.1) is 25.5 Å². The van der Waals surface area contributed by atoms with Crippen LogP contribution in [0.1, 0.15) is 23.7 Å². The van der Waals surface area contributed by atoms with E-state index in [0.717, 1.165) is 0 Å². The topological polar surface area (TPSA) is 72.9 Å². The van der Waals surface area contributed by atoms with Gasteiger partial charge in [0.25, 0.3) is 0 Å². The van der Waals surface area contributed by atoms with E-state index >= 15 is 0 Å². The summed E-state index contributed by atoms with van der Waals surface area (Å²) in [6.07, 6.45) is 0.368. The number of amides is 1. The van der Waals surface area contributed by atoms with Crippen molar-refractivity contribution < 1.29 is 23.9 Å². The van der Waals surface area contributed by atoms with Gasteiger partial charge in [0.15, 0.2) is 5.12 Å². The maximum Gasteiger partial charge on any atom is 0.340 e. The van der Waals surface area contributed by atoms with Gasteiger partial charge >= 0.3 is 5.97 Å². The van der Waals surface area contributed by atoms with E-state index in [2.05, 4.69) is 0 Å². The fourth-order valence-corrected chi connectivity index (χ4v) is 3.21. The van der Waals surface area contributed by atoms with Crippen molar-refractivity contribution in [2.24, 2.45) is 5.92 Å². The number of esters is 1. The number of methoxy groups -OCH3 is 2. The van der Waals surface area contributed by atoms with Crippen LogP contribution in [-0.4, -0.2) is 43.5 Å². The van der Waals surface area contributed by atoms with Gasteiger partial charge in [-0.25, -0.2) is 4.79 Å². The molecule has 1 aromatic rings. The van der Waals surface area contributed by atoms with Crippen molar-refractivity contribution in [2.75, 3.05) is 31.4 Å². The standard InChI is InChI=1S/C16H19NO5S/c1-10(18)23-9-11-6-15(19)17(8-11)14-5-4-12(21-2)7-13(14)16(20)22-3/h4-5,7,11H,6,8-9H2,1-3H3. The Morgan fingerprint density at radius 2 is 2.09 bits per heavy atom. The summed E-state index contributed by atoms with van der Waals surface area (Å²) in [5, 5.41) is 0.0376. The first-order valence-corrected chi connectivity index (χ1v) is 8.15. The number of rotatable bonds is 5. The fourth-order valence-electron chi connectivity index (χ4n) is 2.51. The molecule has 1 aliphatic rings. The molecule has 23 heavy (non-hydrogen) atoms. The van der Waals surface area contributed by atoms with Crippen LogP contribution in [0.5, 0.6) is 5.75 Å². The molecule has 0 bridgehead atoms. The van der Waals surface area contributed by atoms with Crippen LogP contribution < -0.4 is 9.64 Å². The summed E-state index contributed by atoms with van der Waals surface area (Å²) in [6.45, 7) is 1.99. The van der Waals surface area contributed by atoms with Crippen LogP contribution in [0.3, 0.4) is 0 Å². The van der Waals surface area contributed by atoms with Crippen molar-refractivity contribution in [1.82, 2.24) is 0 Å². The van der Waals surface area contributed by atoms with Gasteiger partial charge in [0, 0.05) is 25.6 Å². The molecule has 1 heterocycles. The molecule has 1 atom stereocenters. The van der Waals surface area contributed by atoms with Gasteiger partial charge in [-0.1, -0.05) is 11.8 Å². The molecule has 6 nitrogen and oxygen atoms in total. The smallest absolute Gasteiger partial charge is 0.340 e. The van der Waals surface area contributed by atoms with E-state index in [1.807, 2.05) is 0 Å². The maximum absolute atomic E-state index is 12.3. The van der Waals surface area contributed by atoms with E-state index in [1.165, 1.54) is 32.9 Å². The normalized spacial score (nSPS) is 17.3. The molecule has 1 amide bonds. The van der Waals surface area contributed by atoms with Crippen molar-refractivity contribution in [3.8, 4) is 5.75 Å². The number of hydrogen-bond donors (Lipinski definition) is 0. The van der Waals surface area contributed by atoms with Gasteiger partial charge in [-0.2, -0.15) is 0 Å². The lowest BCUT2D eigenvalue weighted by atomic mass is 10.1. The van der Waals surface area contributed by atoms with E-state index in [1.54, 1.807) is 23.1 Å². The summed E-state index contributed by atoms with van der Waals surface area (Å²) in [4.78, 5) is 36.9. The first-order valence-electron chi connectivity index (χ1n) is 7.16. The SMILES string of the molecule is COC(=O)c1cc(OC)ccc1N1CC(CSC(C)=O)CC1=O. The number of ether oxygens (including phenoxy) is 2. The largest absolute Gasteiger partial charge is 0.497 e. The third-order valence-corrected chi connectivity index (χ3v) is 4.67. The van der Waals surface area contributed by atoms with Gasteiger partial charge in [0.1, 0.15) is 5.75 Å². The highest BCUT2D eigenvalue weighted by molar-refractivity contribution is 8.13. The Hall–Kier alpha value is -2.02. The van der Waals surface area contributed by atoms with E-state index in [0.29, 0.717) is 35.7 Å². The zero-order chi connectivity index (χ0) is 17.0. The molecule has 7 heteroatoms. The summed E-state index contributed by atoms with van der Waals surface area (Å²) in [6, 6.07) is 4.95. The van der Waals surface area contributed by atoms with Crippen LogP contribution >= 0.6 is 11.8 Å². The third kappa shape index (κ3) is 4.04. The molecule has 1 fully saturated rings. The summed E-state index contributed by atoms with van der Waals surface area (Å²) < 4.78 is 9.92. The first kappa shape index (κ1) is 17.3. The number of benzene rings is 1. The Morgan fingerprint density at radius 1 is 1.35 bits per heavy atom. The summed E-state index contributed by atoms with van der Waals surface area (Å²) >= 11 is 1.22. The second kappa shape index (κ2) is 7.50. The van der Waals surface area contributed by atoms with E-state index in [4.69, 9.17) is 9.47 Å². The van der Waals surface area contributed by atoms with Crippen LogP contribution in [0.25, 0.3) is 0 Å². The quantitative estimate of drug-likeness (QED) is 0.766. The van der Waals surface area contributed by atoms with Gasteiger partial charge in [-0.3, -0.25) is 9.59 Å². The van der Waals surface area contributed by atoms with Crippen LogP contribution in [0, 0.1) is 5.92 Å². The molecule has 1 saturated heterocycles. The Kier molecular flexibility index (Phi) is 5.65. The number of anilines is 1. The lowest BCUT2D eigenvalue weighted by Crippen LogP contribution is -2.27. The molecule has 0 N–H and O–H groups in total. The third-order valence-electron chi connectivity index (χ3n) is 3.63. The molecule has 1 aliphatic heterocycles. The summed E-state index contributed by atoms with van der Waals surface area (Å²) in [5.74, 6) is 0.623. The van der Waals surface area contributed by atoms with Crippen molar-refractivity contribution in [2.45, 2.75) is 13.3 Å². The highest BCUT2D eigenvalue weighted by Gasteiger charge is 2.33. The lowest BCUT2D eigenvalue weighted by molar-refractivity contribution is -0.117. The van der Waals surface area contributed by atoms with Gasteiger partial charge < -0.3 is 14.4 Å². The van der Waals surface area contributed by atoms with E-state index in [-0.39, 0.29) is 16.9 Å². The van der Waals surface area contributed by atoms with Crippen LogP contribution in [0.4, 0.5) is 5.69 Å². The molecule has 0 spiro atoms. The minimum absolute atomic E-state index is 0.0376. The first-order chi connectivity index (χ1) is 11.0. The molecule has 1 aromatic carbocycles. The fraction of sp³-hybridized carbons (Fsp3) is 0.438. The van der Waals surface area contributed by atoms with Crippen molar-refractivity contribution in [3.63, 3.8) is 0 Å². The molecule has 1 unspecified atom stereocenters. The number of carbonyl (C=O) groups excluding carboxylic acids is 3. The molecular weight excluding hydrogens is 318 g/mol. The highest BCUT2D eigenvalue weighted by Crippen LogP contribution is 2.32. The average Bonchev–Trinajstić information content (AvgIpc) is 2.92. The van der Waals surface area contributed by atoms with Crippen LogP contribution in [0.15, 0.2) is 18.2 Å². The number of hydrogen-bond acceptors (Lipinski definition) is 6. The minimum Gasteiger partial charge on any atom is -0.497 e. The Balaban J connectivity index is 2.25. The molecule has 2 rings (SSSR count). The number of nitrogens with zero attached hydrogens (tertiary/aromatic N) is 1. The second-order valence-corrected chi connectivity index (χ2v) is 6.45. The predicted octanol–water partition coefficient (Wildman–Crippen LogP) is 2.11. The van der Waals surface area contributed by atoms with Crippen molar-refractivity contribution in [1.29, 1.82) is 0 Å². The molecule has 0 saturated carbocycles. The summed E-state index contributed by atoms with van der Waals surface area (Å²) in [7, 11) is 2.80. The predicted molar refractivity (Wildman–Crippen MR) is 87.9 cm³/mol. The van der Waals surface area contributed by atoms with Crippen LogP contribution in [-0.2, 0) is 14.3 Å². The Labute approximate surface area is 139 Å². The molecule has 0 radical (unpaired) electrons. The maximum atomic E-state index is 12.3. The monoisotopic (exact) mass is 337 g/mol. The molecule has 0 aliphatic carbocycles. The summed E-state index contributed by atoms with van der Waals surface area (Å²) in [5.41, 5.74) is 0.804. The number of carbonyl (C=O) groups is 3. The van der Waals surface area contributed by atoms with Gasteiger partial charge in [-0.15, -0.1) is 0 Å². The average molecular weight is 337 g/mol. The zero-order valence-corrected chi connectivity index (χ0v) is 14.1. The zero-order valence-electron chi connectivity index (χ0n) is 13.3. The molecular formula is C16H19NO5S. The van der Waals surface area contributed by atoms with Crippen molar-refractivity contribution >= 4 is 34.4 Å². The molecule has 0 aromatic heterocycles. The van der Waals surface area contributed by atoms with Gasteiger partial charge in [-0.05, 0) is 24.1 Å². The molecule has 124 valence electrons. The minimum atomic E-state index is -0.520. The van der Waals surface area contributed by atoms with Crippen LogP contribution in [0.2, 0.25) is 0 Å². The second-order valence-electron chi connectivity index (χ2n) is 5.25. The highest BCUT2D eigenvalue weighted by atomic mass is 32.2. The lowest BCUT2D eigenvalue weighted by Gasteiger charge is -2.20.